The number of hydrogen-bond donors (Lipinski definition) is 0. The first-order valence-corrected chi connectivity index (χ1v) is 11.9. The van der Waals surface area contributed by atoms with Crippen LogP contribution in [0.4, 0.5) is 5.13 Å². The Balaban J connectivity index is 1.48. The van der Waals surface area contributed by atoms with Crippen molar-refractivity contribution in [1.82, 2.24) is 4.98 Å². The van der Waals surface area contributed by atoms with Gasteiger partial charge in [-0.3, -0.25) is 9.59 Å². The third-order valence-corrected chi connectivity index (χ3v) is 6.45. The van der Waals surface area contributed by atoms with Crippen molar-refractivity contribution < 1.29 is 9.59 Å². The zero-order valence-corrected chi connectivity index (χ0v) is 19.8. The molecule has 0 saturated heterocycles. The smallest absolute Gasteiger partial charge is 0.280 e. The lowest BCUT2D eigenvalue weighted by atomic mass is 10.0. The van der Waals surface area contributed by atoms with E-state index in [-0.39, 0.29) is 11.7 Å². The highest BCUT2D eigenvalue weighted by Gasteiger charge is 2.21. The fraction of sp³-hybridized carbons (Fsp3) is 0.0345. The molecule has 5 aromatic rings. The molecule has 1 amide bonds. The largest absolute Gasteiger partial charge is 0.289 e. The van der Waals surface area contributed by atoms with E-state index in [1.165, 1.54) is 16.3 Å². The van der Waals surface area contributed by atoms with E-state index >= 15 is 0 Å². The fourth-order valence-corrected chi connectivity index (χ4v) is 4.63. The van der Waals surface area contributed by atoms with Crippen LogP contribution in [-0.4, -0.2) is 22.9 Å². The van der Waals surface area contributed by atoms with Crippen molar-refractivity contribution >= 4 is 44.6 Å². The van der Waals surface area contributed by atoms with Crippen LogP contribution in [0.15, 0.2) is 108 Å². The van der Waals surface area contributed by atoms with Gasteiger partial charge in [0, 0.05) is 16.7 Å². The van der Waals surface area contributed by atoms with Crippen LogP contribution < -0.4 is 5.01 Å². The Morgan fingerprint density at radius 3 is 2.14 bits per heavy atom. The van der Waals surface area contributed by atoms with Crippen molar-refractivity contribution in [1.29, 1.82) is 0 Å². The summed E-state index contributed by atoms with van der Waals surface area (Å²) in [4.78, 5) is 31.0. The predicted molar refractivity (Wildman–Crippen MR) is 142 cm³/mol. The summed E-state index contributed by atoms with van der Waals surface area (Å²) in [6, 6.07) is 31.3. The Hall–Kier alpha value is -4.42. The first-order valence-electron chi connectivity index (χ1n) is 11.1. The molecule has 0 bridgehead atoms. The lowest BCUT2D eigenvalue weighted by Gasteiger charge is -2.14. The number of anilines is 1. The number of nitrogens with zero attached hydrogens (tertiary/aromatic N) is 3. The van der Waals surface area contributed by atoms with Gasteiger partial charge >= 0.3 is 0 Å². The monoisotopic (exact) mass is 475 g/mol. The number of aryl methyl sites for hydroxylation is 1. The van der Waals surface area contributed by atoms with Gasteiger partial charge in [-0.15, -0.1) is 0 Å². The highest BCUT2D eigenvalue weighted by Crippen LogP contribution is 2.31. The lowest BCUT2D eigenvalue weighted by Crippen LogP contribution is -2.25. The standard InChI is InChI=1S/C29H21N3O2S/c1-20-12-17-25-26(18-20)35-29(31-25)32(30-19-21-8-4-2-5-9-21)28(34)24-15-13-23(14-16-24)27(33)22-10-6-3-7-11-22/h2-19H,1H3/b30-19+. The molecule has 170 valence electrons. The summed E-state index contributed by atoms with van der Waals surface area (Å²) in [6.07, 6.45) is 1.64. The van der Waals surface area contributed by atoms with Gasteiger partial charge in [-0.2, -0.15) is 10.1 Å². The van der Waals surface area contributed by atoms with Gasteiger partial charge in [0.1, 0.15) is 0 Å². The summed E-state index contributed by atoms with van der Waals surface area (Å²) < 4.78 is 0.983. The minimum absolute atomic E-state index is 0.0925. The second-order valence-corrected chi connectivity index (χ2v) is 9.02. The third kappa shape index (κ3) is 4.93. The summed E-state index contributed by atoms with van der Waals surface area (Å²) in [6.45, 7) is 2.02. The van der Waals surface area contributed by atoms with Crippen molar-refractivity contribution in [3.63, 3.8) is 0 Å². The molecule has 1 heterocycles. The van der Waals surface area contributed by atoms with Crippen LogP contribution in [0.2, 0.25) is 0 Å². The number of rotatable bonds is 6. The maximum absolute atomic E-state index is 13.6. The van der Waals surface area contributed by atoms with Crippen molar-refractivity contribution in [2.24, 2.45) is 5.10 Å². The van der Waals surface area contributed by atoms with E-state index in [2.05, 4.69) is 10.1 Å². The molecule has 0 fully saturated rings. The second kappa shape index (κ2) is 9.83. The molecule has 0 aliphatic carbocycles. The van der Waals surface area contributed by atoms with Gasteiger partial charge in [-0.25, -0.2) is 4.98 Å². The maximum atomic E-state index is 13.6. The summed E-state index contributed by atoms with van der Waals surface area (Å²) in [7, 11) is 0. The molecule has 0 radical (unpaired) electrons. The molecular formula is C29H21N3O2S. The van der Waals surface area contributed by atoms with Crippen LogP contribution in [0, 0.1) is 6.92 Å². The zero-order valence-electron chi connectivity index (χ0n) is 19.0. The number of thiazole rings is 1. The van der Waals surface area contributed by atoms with Gasteiger partial charge in [0.25, 0.3) is 5.91 Å². The van der Waals surface area contributed by atoms with Gasteiger partial charge in [-0.05, 0) is 42.3 Å². The highest BCUT2D eigenvalue weighted by molar-refractivity contribution is 7.22. The predicted octanol–water partition coefficient (Wildman–Crippen LogP) is 6.52. The highest BCUT2D eigenvalue weighted by atomic mass is 32.1. The molecule has 0 aliphatic heterocycles. The Morgan fingerprint density at radius 2 is 1.43 bits per heavy atom. The average Bonchev–Trinajstić information content (AvgIpc) is 3.32. The normalized spacial score (nSPS) is 11.1. The Morgan fingerprint density at radius 1 is 0.800 bits per heavy atom. The molecule has 35 heavy (non-hydrogen) atoms. The number of fused-ring (bicyclic) bond motifs is 1. The van der Waals surface area contributed by atoms with Gasteiger partial charge in [0.05, 0.1) is 16.4 Å². The van der Waals surface area contributed by atoms with Crippen LogP contribution in [0.3, 0.4) is 0 Å². The van der Waals surface area contributed by atoms with Gasteiger partial charge in [-0.1, -0.05) is 90.2 Å². The summed E-state index contributed by atoms with van der Waals surface area (Å²) >= 11 is 1.41. The van der Waals surface area contributed by atoms with Crippen LogP contribution in [-0.2, 0) is 0 Å². The van der Waals surface area contributed by atoms with Crippen molar-refractivity contribution in [3.8, 4) is 0 Å². The molecule has 1 aromatic heterocycles. The number of aromatic nitrogens is 1. The number of ketones is 1. The van der Waals surface area contributed by atoms with Crippen LogP contribution in [0.5, 0.6) is 0 Å². The molecule has 0 N–H and O–H groups in total. The molecule has 0 unspecified atom stereocenters. The van der Waals surface area contributed by atoms with Crippen LogP contribution in [0.1, 0.15) is 37.4 Å². The Bertz CT molecular complexity index is 1530. The Kier molecular flexibility index (Phi) is 6.28. The van der Waals surface area contributed by atoms with E-state index in [1.807, 2.05) is 73.7 Å². The SMILES string of the molecule is Cc1ccc2nc(N(/N=C/c3ccccc3)C(=O)c3ccc(C(=O)c4ccccc4)cc3)sc2c1. The minimum atomic E-state index is -0.327. The molecule has 5 rings (SSSR count). The van der Waals surface area contributed by atoms with E-state index in [0.29, 0.717) is 21.8 Å². The third-order valence-electron chi connectivity index (χ3n) is 5.46. The number of amides is 1. The number of carbonyl (C=O) groups is 2. The molecule has 6 heteroatoms. The first-order chi connectivity index (χ1) is 17.1. The summed E-state index contributed by atoms with van der Waals surface area (Å²) in [5, 5.41) is 6.30. The molecule has 4 aromatic carbocycles. The lowest BCUT2D eigenvalue weighted by molar-refractivity contribution is 0.0985. The zero-order chi connectivity index (χ0) is 24.2. The topological polar surface area (TPSA) is 62.6 Å². The van der Waals surface area contributed by atoms with Gasteiger partial charge in [0.15, 0.2) is 5.78 Å². The molecule has 0 atom stereocenters. The van der Waals surface area contributed by atoms with Gasteiger partial charge in [0.2, 0.25) is 5.13 Å². The number of benzene rings is 4. The van der Waals surface area contributed by atoms with Crippen LogP contribution in [0.25, 0.3) is 10.2 Å². The van der Waals surface area contributed by atoms with E-state index in [0.717, 1.165) is 21.3 Å². The number of hydrogen-bond acceptors (Lipinski definition) is 5. The average molecular weight is 476 g/mol. The van der Waals surface area contributed by atoms with E-state index in [1.54, 1.807) is 42.6 Å². The molecular weight excluding hydrogens is 454 g/mol. The van der Waals surface area contributed by atoms with Gasteiger partial charge < -0.3 is 0 Å². The van der Waals surface area contributed by atoms with E-state index < -0.39 is 0 Å². The van der Waals surface area contributed by atoms with Crippen molar-refractivity contribution in [3.05, 3.63) is 131 Å². The molecule has 0 aliphatic rings. The Labute approximate surface area is 207 Å². The fourth-order valence-electron chi connectivity index (χ4n) is 3.61. The molecule has 5 nitrogen and oxygen atoms in total. The number of hydrazone groups is 1. The first kappa shape index (κ1) is 22.4. The molecule has 0 saturated carbocycles. The maximum Gasteiger partial charge on any atom is 0.280 e. The number of carbonyl (C=O) groups excluding carboxylic acids is 2. The minimum Gasteiger partial charge on any atom is -0.289 e. The summed E-state index contributed by atoms with van der Waals surface area (Å²) in [5.74, 6) is -0.420. The van der Waals surface area contributed by atoms with Crippen LogP contribution >= 0.6 is 11.3 Å². The molecule has 0 spiro atoms. The van der Waals surface area contributed by atoms with E-state index in [4.69, 9.17) is 0 Å². The second-order valence-electron chi connectivity index (χ2n) is 8.01. The van der Waals surface area contributed by atoms with E-state index in [9.17, 15) is 9.59 Å². The summed E-state index contributed by atoms with van der Waals surface area (Å²) in [5.41, 5.74) is 4.33. The quantitative estimate of drug-likeness (QED) is 0.160. The van der Waals surface area contributed by atoms with Crippen molar-refractivity contribution in [2.75, 3.05) is 5.01 Å². The van der Waals surface area contributed by atoms with Crippen molar-refractivity contribution in [2.45, 2.75) is 6.92 Å².